The highest BCUT2D eigenvalue weighted by atomic mass is 16.6. The Morgan fingerprint density at radius 2 is 1.71 bits per heavy atom. The summed E-state index contributed by atoms with van der Waals surface area (Å²) >= 11 is 0. The molecule has 1 N–H and O–H groups in total. The van der Waals surface area contributed by atoms with E-state index in [1.807, 2.05) is 36.4 Å². The van der Waals surface area contributed by atoms with Crippen LogP contribution in [0.1, 0.15) is 5.56 Å². The van der Waals surface area contributed by atoms with Gasteiger partial charge in [-0.3, -0.25) is 9.13 Å². The Balaban J connectivity index is 1.56. The summed E-state index contributed by atoms with van der Waals surface area (Å²) in [5.41, 5.74) is 3.94. The van der Waals surface area contributed by atoms with E-state index in [-0.39, 0.29) is 5.69 Å². The quantitative estimate of drug-likeness (QED) is 0.802. The molecule has 0 bridgehead atoms. The van der Waals surface area contributed by atoms with Crippen molar-refractivity contribution in [2.45, 2.75) is 6.54 Å². The SMILES string of the molecule is Cn1c(=O)n(C)c2cc(CNc3ccc4c(c3)OCCO4)ccc21. The van der Waals surface area contributed by atoms with E-state index in [2.05, 4.69) is 5.32 Å². The molecule has 24 heavy (non-hydrogen) atoms. The number of fused-ring (bicyclic) bond motifs is 2. The van der Waals surface area contributed by atoms with Gasteiger partial charge in [0.15, 0.2) is 11.5 Å². The Kier molecular flexibility index (Phi) is 3.45. The first-order valence-corrected chi connectivity index (χ1v) is 7.91. The van der Waals surface area contributed by atoms with Gasteiger partial charge >= 0.3 is 5.69 Å². The topological polar surface area (TPSA) is 57.4 Å². The lowest BCUT2D eigenvalue weighted by Gasteiger charge is -2.19. The molecule has 1 aliphatic heterocycles. The third kappa shape index (κ3) is 2.40. The largest absolute Gasteiger partial charge is 0.486 e. The van der Waals surface area contributed by atoms with Crippen LogP contribution < -0.4 is 20.5 Å². The van der Waals surface area contributed by atoms with Crippen LogP contribution in [0.15, 0.2) is 41.2 Å². The maximum atomic E-state index is 12.0. The third-order valence-electron chi connectivity index (χ3n) is 4.38. The standard InChI is InChI=1S/C18H19N3O3/c1-20-14-5-3-12(9-15(14)21(2)18(20)22)11-19-13-4-6-16-17(10-13)24-8-7-23-16/h3-6,9-10,19H,7-8,11H2,1-2H3. The maximum absolute atomic E-state index is 12.0. The van der Waals surface area contributed by atoms with E-state index in [0.717, 1.165) is 33.8 Å². The molecular formula is C18H19N3O3. The van der Waals surface area contributed by atoms with Gasteiger partial charge < -0.3 is 14.8 Å². The zero-order chi connectivity index (χ0) is 16.7. The highest BCUT2D eigenvalue weighted by Gasteiger charge is 2.12. The van der Waals surface area contributed by atoms with Crippen molar-refractivity contribution in [3.05, 3.63) is 52.4 Å². The smallest absolute Gasteiger partial charge is 0.328 e. The monoisotopic (exact) mass is 325 g/mol. The summed E-state index contributed by atoms with van der Waals surface area (Å²) in [5.74, 6) is 1.56. The van der Waals surface area contributed by atoms with Crippen molar-refractivity contribution in [1.29, 1.82) is 0 Å². The average Bonchev–Trinajstić information content (AvgIpc) is 2.84. The van der Waals surface area contributed by atoms with Crippen molar-refractivity contribution < 1.29 is 9.47 Å². The number of ether oxygens (including phenoxy) is 2. The lowest BCUT2D eigenvalue weighted by atomic mass is 10.2. The number of nitrogens with one attached hydrogen (secondary N) is 1. The van der Waals surface area contributed by atoms with Crippen LogP contribution in [0.2, 0.25) is 0 Å². The van der Waals surface area contributed by atoms with E-state index in [1.54, 1.807) is 23.2 Å². The van der Waals surface area contributed by atoms with Crippen LogP contribution in [-0.2, 0) is 20.6 Å². The van der Waals surface area contributed by atoms with Crippen molar-refractivity contribution >= 4 is 16.7 Å². The number of hydrogen-bond acceptors (Lipinski definition) is 4. The number of hydrogen-bond donors (Lipinski definition) is 1. The van der Waals surface area contributed by atoms with Gasteiger partial charge in [-0.25, -0.2) is 4.79 Å². The molecule has 2 heterocycles. The fourth-order valence-electron chi connectivity index (χ4n) is 3.02. The molecule has 0 amide bonds. The van der Waals surface area contributed by atoms with E-state index >= 15 is 0 Å². The molecule has 0 radical (unpaired) electrons. The highest BCUT2D eigenvalue weighted by molar-refractivity contribution is 5.77. The normalized spacial score (nSPS) is 13.2. The van der Waals surface area contributed by atoms with Gasteiger partial charge in [0, 0.05) is 32.4 Å². The van der Waals surface area contributed by atoms with Gasteiger partial charge in [0.05, 0.1) is 11.0 Å². The van der Waals surface area contributed by atoms with Gasteiger partial charge in [-0.15, -0.1) is 0 Å². The molecule has 6 nitrogen and oxygen atoms in total. The van der Waals surface area contributed by atoms with Crippen LogP contribution in [0.4, 0.5) is 5.69 Å². The van der Waals surface area contributed by atoms with Crippen LogP contribution in [0.25, 0.3) is 11.0 Å². The molecule has 3 aromatic rings. The molecule has 0 atom stereocenters. The molecule has 1 aliphatic rings. The fourth-order valence-corrected chi connectivity index (χ4v) is 3.02. The summed E-state index contributed by atoms with van der Waals surface area (Å²) in [6, 6.07) is 11.9. The van der Waals surface area contributed by atoms with Crippen molar-refractivity contribution in [2.75, 3.05) is 18.5 Å². The number of aromatic nitrogens is 2. The van der Waals surface area contributed by atoms with Crippen molar-refractivity contribution in [3.8, 4) is 11.5 Å². The molecule has 0 saturated heterocycles. The van der Waals surface area contributed by atoms with E-state index in [1.165, 1.54) is 0 Å². The van der Waals surface area contributed by atoms with Crippen LogP contribution >= 0.6 is 0 Å². The summed E-state index contributed by atoms with van der Waals surface area (Å²) < 4.78 is 14.5. The second-order valence-corrected chi connectivity index (χ2v) is 5.94. The second kappa shape index (κ2) is 5.63. The summed E-state index contributed by atoms with van der Waals surface area (Å²) in [6.45, 7) is 1.84. The van der Waals surface area contributed by atoms with E-state index < -0.39 is 0 Å². The Morgan fingerprint density at radius 1 is 0.958 bits per heavy atom. The Labute approximate surface area is 139 Å². The number of nitrogens with zero attached hydrogens (tertiary/aromatic N) is 2. The van der Waals surface area contributed by atoms with E-state index in [9.17, 15) is 4.79 Å². The highest BCUT2D eigenvalue weighted by Crippen LogP contribution is 2.32. The first-order chi connectivity index (χ1) is 11.6. The Hall–Kier alpha value is -2.89. The molecule has 0 aliphatic carbocycles. The lowest BCUT2D eigenvalue weighted by Crippen LogP contribution is -2.19. The summed E-state index contributed by atoms with van der Waals surface area (Å²) in [6.07, 6.45) is 0. The number of rotatable bonds is 3. The minimum absolute atomic E-state index is 0.0121. The van der Waals surface area contributed by atoms with Gasteiger partial charge in [-0.2, -0.15) is 0 Å². The van der Waals surface area contributed by atoms with Gasteiger partial charge in [-0.1, -0.05) is 6.07 Å². The third-order valence-corrected chi connectivity index (χ3v) is 4.38. The predicted molar refractivity (Wildman–Crippen MR) is 92.9 cm³/mol. The van der Waals surface area contributed by atoms with Gasteiger partial charge in [0.1, 0.15) is 13.2 Å². The zero-order valence-electron chi connectivity index (χ0n) is 13.7. The summed E-state index contributed by atoms with van der Waals surface area (Å²) in [7, 11) is 3.58. The van der Waals surface area contributed by atoms with Gasteiger partial charge in [0.25, 0.3) is 0 Å². The van der Waals surface area contributed by atoms with Crippen molar-refractivity contribution in [3.63, 3.8) is 0 Å². The van der Waals surface area contributed by atoms with Crippen LogP contribution in [0.5, 0.6) is 11.5 Å². The van der Waals surface area contributed by atoms with Crippen LogP contribution in [0, 0.1) is 0 Å². The Bertz CT molecular complexity index is 972. The molecule has 0 fully saturated rings. The molecule has 0 unspecified atom stereocenters. The molecular weight excluding hydrogens is 306 g/mol. The number of benzene rings is 2. The average molecular weight is 325 g/mol. The molecule has 0 spiro atoms. The molecule has 6 heteroatoms. The van der Waals surface area contributed by atoms with Crippen molar-refractivity contribution in [2.24, 2.45) is 14.1 Å². The van der Waals surface area contributed by atoms with E-state index in [0.29, 0.717) is 19.8 Å². The predicted octanol–water partition coefficient (Wildman–Crippen LogP) is 2.26. The number of aryl methyl sites for hydroxylation is 2. The molecule has 1 aromatic heterocycles. The number of imidazole rings is 1. The first kappa shape index (κ1) is 14.7. The first-order valence-electron chi connectivity index (χ1n) is 7.91. The van der Waals surface area contributed by atoms with E-state index in [4.69, 9.17) is 9.47 Å². The fraction of sp³-hybridized carbons (Fsp3) is 0.278. The minimum Gasteiger partial charge on any atom is -0.486 e. The molecule has 2 aromatic carbocycles. The van der Waals surface area contributed by atoms with Gasteiger partial charge in [-0.05, 0) is 29.8 Å². The minimum atomic E-state index is -0.0121. The van der Waals surface area contributed by atoms with Gasteiger partial charge in [0.2, 0.25) is 0 Å². The van der Waals surface area contributed by atoms with Crippen molar-refractivity contribution in [1.82, 2.24) is 9.13 Å². The second-order valence-electron chi connectivity index (χ2n) is 5.94. The molecule has 4 rings (SSSR count). The summed E-state index contributed by atoms with van der Waals surface area (Å²) in [4.78, 5) is 12.0. The Morgan fingerprint density at radius 3 is 2.54 bits per heavy atom. The summed E-state index contributed by atoms with van der Waals surface area (Å²) in [5, 5.41) is 3.39. The zero-order valence-corrected chi connectivity index (χ0v) is 13.7. The molecule has 0 saturated carbocycles. The van der Waals surface area contributed by atoms with Crippen LogP contribution in [-0.4, -0.2) is 22.3 Å². The number of anilines is 1. The lowest BCUT2D eigenvalue weighted by molar-refractivity contribution is 0.171. The maximum Gasteiger partial charge on any atom is 0.328 e. The van der Waals surface area contributed by atoms with Crippen LogP contribution in [0.3, 0.4) is 0 Å². The molecule has 124 valence electrons.